The molecule has 0 radical (unpaired) electrons. The van der Waals surface area contributed by atoms with Gasteiger partial charge in [0.05, 0.1) is 33.9 Å². The summed E-state index contributed by atoms with van der Waals surface area (Å²) in [5.41, 5.74) is 5.02. The number of benzene rings is 7. The Labute approximate surface area is 332 Å². The van der Waals surface area contributed by atoms with Gasteiger partial charge >= 0.3 is 11.9 Å². The predicted molar refractivity (Wildman–Crippen MR) is 219 cm³/mol. The van der Waals surface area contributed by atoms with E-state index >= 15 is 0 Å². The molecule has 0 saturated heterocycles. The Morgan fingerprint density at radius 2 is 0.621 bits per heavy atom. The van der Waals surface area contributed by atoms with Crippen molar-refractivity contribution in [3.05, 3.63) is 204 Å². The number of rotatable bonds is 12. The van der Waals surface area contributed by atoms with Crippen molar-refractivity contribution in [1.82, 2.24) is 0 Å². The molecule has 12 nitrogen and oxygen atoms in total. The number of carbonyl (C=O) groups is 4. The van der Waals surface area contributed by atoms with Gasteiger partial charge in [0.1, 0.15) is 11.5 Å². The molecule has 7 aromatic carbocycles. The number of ether oxygens (including phenoxy) is 2. The normalized spacial score (nSPS) is 10.9. The van der Waals surface area contributed by atoms with Crippen LogP contribution in [0.3, 0.4) is 0 Å². The summed E-state index contributed by atoms with van der Waals surface area (Å²) in [6, 6.07) is 50.6. The maximum Gasteiger partial charge on any atom is 0.343 e. The van der Waals surface area contributed by atoms with Gasteiger partial charge in [-0.25, -0.2) is 9.59 Å². The van der Waals surface area contributed by atoms with E-state index in [4.69, 9.17) is 9.47 Å². The van der Waals surface area contributed by atoms with Crippen LogP contribution in [0.25, 0.3) is 0 Å². The minimum absolute atomic E-state index is 0.201. The molecule has 0 aliphatic carbocycles. The number of esters is 2. The van der Waals surface area contributed by atoms with E-state index < -0.39 is 11.9 Å². The average Bonchev–Trinajstić information content (AvgIpc) is 3.27. The number of nitrogens with one attached hydrogen (secondary N) is 2. The second-order valence-electron chi connectivity index (χ2n) is 12.5. The van der Waals surface area contributed by atoms with Crippen molar-refractivity contribution in [2.75, 3.05) is 10.6 Å². The molecular weight excluding hydrogens is 733 g/mol. The van der Waals surface area contributed by atoms with E-state index in [9.17, 15) is 19.2 Å². The molecule has 0 unspecified atom stereocenters. The van der Waals surface area contributed by atoms with E-state index in [0.29, 0.717) is 33.9 Å². The molecule has 0 heterocycles. The first-order valence-electron chi connectivity index (χ1n) is 17.9. The van der Waals surface area contributed by atoms with E-state index in [-0.39, 0.29) is 34.4 Å². The highest BCUT2D eigenvalue weighted by atomic mass is 16.5. The van der Waals surface area contributed by atoms with Gasteiger partial charge in [0.15, 0.2) is 0 Å². The Hall–Kier alpha value is -8.38. The number of hydrogen-bond acceptors (Lipinski definition) is 10. The molecule has 282 valence electrons. The van der Waals surface area contributed by atoms with E-state index in [1.54, 1.807) is 72.8 Å². The molecule has 0 spiro atoms. The first-order chi connectivity index (χ1) is 28.3. The van der Waals surface area contributed by atoms with Gasteiger partial charge in [0, 0.05) is 22.5 Å². The lowest BCUT2D eigenvalue weighted by Crippen LogP contribution is -2.13. The van der Waals surface area contributed by atoms with Crippen molar-refractivity contribution in [3.8, 4) is 11.5 Å². The summed E-state index contributed by atoms with van der Waals surface area (Å²) in [5.74, 6) is -1.53. The minimum atomic E-state index is -0.653. The predicted octanol–water partition coefficient (Wildman–Crippen LogP) is 11.5. The monoisotopic (exact) mass is 764 g/mol. The molecule has 7 rings (SSSR count). The van der Waals surface area contributed by atoms with Crippen molar-refractivity contribution in [3.63, 3.8) is 0 Å². The van der Waals surface area contributed by atoms with Crippen LogP contribution in [-0.2, 0) is 0 Å². The molecule has 58 heavy (non-hydrogen) atoms. The van der Waals surface area contributed by atoms with Crippen molar-refractivity contribution < 1.29 is 28.7 Å². The first kappa shape index (κ1) is 37.9. The molecule has 0 aliphatic heterocycles. The lowest BCUT2D eigenvalue weighted by Gasteiger charge is -2.09. The smallest absolute Gasteiger partial charge is 0.343 e. The zero-order valence-electron chi connectivity index (χ0n) is 30.6. The van der Waals surface area contributed by atoms with E-state index in [1.165, 1.54) is 48.5 Å². The highest BCUT2D eigenvalue weighted by molar-refractivity contribution is 6.05. The lowest BCUT2D eigenvalue weighted by atomic mass is 10.1. The summed E-state index contributed by atoms with van der Waals surface area (Å²) in [4.78, 5) is 51.3. The highest BCUT2D eigenvalue weighted by Crippen LogP contribution is 2.23. The van der Waals surface area contributed by atoms with E-state index in [1.807, 2.05) is 60.7 Å². The molecule has 0 aromatic heterocycles. The molecule has 0 fully saturated rings. The van der Waals surface area contributed by atoms with Crippen LogP contribution in [0.5, 0.6) is 11.5 Å². The van der Waals surface area contributed by atoms with Crippen molar-refractivity contribution in [2.45, 2.75) is 0 Å². The molecule has 12 heteroatoms. The Kier molecular flexibility index (Phi) is 12.0. The molecule has 0 saturated carbocycles. The molecule has 0 bridgehead atoms. The Morgan fingerprint density at radius 1 is 0.328 bits per heavy atom. The van der Waals surface area contributed by atoms with Crippen LogP contribution in [0.4, 0.5) is 34.1 Å². The summed E-state index contributed by atoms with van der Waals surface area (Å²) < 4.78 is 10.9. The summed E-state index contributed by atoms with van der Waals surface area (Å²) in [5, 5.41) is 22.4. The van der Waals surface area contributed by atoms with Gasteiger partial charge in [-0.05, 0) is 146 Å². The Bertz CT molecular complexity index is 2400. The fourth-order valence-corrected chi connectivity index (χ4v) is 5.27. The second-order valence-corrected chi connectivity index (χ2v) is 12.5. The maximum atomic E-state index is 12.8. The zero-order chi connectivity index (χ0) is 40.1. The minimum Gasteiger partial charge on any atom is -0.423 e. The topological polar surface area (TPSA) is 160 Å². The molecular formula is C46H32N6O6. The number of anilines is 2. The summed E-state index contributed by atoms with van der Waals surface area (Å²) in [7, 11) is 0. The molecule has 0 aliphatic rings. The van der Waals surface area contributed by atoms with Crippen LogP contribution < -0.4 is 20.1 Å². The van der Waals surface area contributed by atoms with Crippen LogP contribution in [-0.4, -0.2) is 23.8 Å². The first-order valence-corrected chi connectivity index (χ1v) is 17.9. The van der Waals surface area contributed by atoms with Crippen LogP contribution in [0.2, 0.25) is 0 Å². The number of nitrogens with zero attached hydrogens (tertiary/aromatic N) is 4. The van der Waals surface area contributed by atoms with Gasteiger partial charge in [0.25, 0.3) is 11.8 Å². The molecule has 0 atom stereocenters. The summed E-state index contributed by atoms with van der Waals surface area (Å²) in [6.45, 7) is 0. The molecule has 7 aromatic rings. The quantitative estimate of drug-likeness (QED) is 0.0715. The van der Waals surface area contributed by atoms with Gasteiger partial charge in [-0.2, -0.15) is 20.5 Å². The van der Waals surface area contributed by atoms with E-state index in [0.717, 1.165) is 11.4 Å². The van der Waals surface area contributed by atoms with Crippen molar-refractivity contribution in [1.29, 1.82) is 0 Å². The maximum absolute atomic E-state index is 12.8. The van der Waals surface area contributed by atoms with Crippen molar-refractivity contribution >= 4 is 57.9 Å². The van der Waals surface area contributed by atoms with E-state index in [2.05, 4.69) is 31.1 Å². The molecule has 2 amide bonds. The standard InChI is InChI=1S/C46H32N6O6/c53-43(47-35-19-23-39(24-20-35)51-49-37-7-3-1-4-8-37)31-15-27-41(28-16-31)57-45(55)33-11-13-34(14-12-33)46(56)58-42-29-17-32(18-30-42)44(54)48-36-21-25-40(26-22-36)52-50-38-9-5-2-6-10-38/h1-30H,(H,47,53)(H,48,54). The lowest BCUT2D eigenvalue weighted by molar-refractivity contribution is 0.0720. The van der Waals surface area contributed by atoms with Crippen LogP contribution in [0, 0.1) is 0 Å². The van der Waals surface area contributed by atoms with Crippen LogP contribution >= 0.6 is 0 Å². The summed E-state index contributed by atoms with van der Waals surface area (Å²) in [6.07, 6.45) is 0. The third-order valence-electron chi connectivity index (χ3n) is 8.34. The third-order valence-corrected chi connectivity index (χ3v) is 8.34. The van der Waals surface area contributed by atoms with Gasteiger partial charge in [-0.1, -0.05) is 36.4 Å². The van der Waals surface area contributed by atoms with Crippen LogP contribution in [0.1, 0.15) is 41.4 Å². The fraction of sp³-hybridized carbons (Fsp3) is 0. The highest BCUT2D eigenvalue weighted by Gasteiger charge is 2.15. The van der Waals surface area contributed by atoms with Gasteiger partial charge in [0.2, 0.25) is 0 Å². The van der Waals surface area contributed by atoms with Crippen molar-refractivity contribution in [2.24, 2.45) is 20.5 Å². The second kappa shape index (κ2) is 18.3. The Balaban J connectivity index is 0.859. The fourth-order valence-electron chi connectivity index (χ4n) is 5.27. The summed E-state index contributed by atoms with van der Waals surface area (Å²) >= 11 is 0. The largest absolute Gasteiger partial charge is 0.423 e. The zero-order valence-corrected chi connectivity index (χ0v) is 30.6. The van der Waals surface area contributed by atoms with Gasteiger partial charge in [-0.15, -0.1) is 0 Å². The van der Waals surface area contributed by atoms with Crippen LogP contribution in [0.15, 0.2) is 202 Å². The molecule has 2 N–H and O–H groups in total. The number of hydrogen-bond donors (Lipinski definition) is 2. The Morgan fingerprint density at radius 3 is 0.948 bits per heavy atom. The SMILES string of the molecule is O=C(Nc1ccc(N=Nc2ccccc2)cc1)c1ccc(OC(=O)c2ccc(C(=O)Oc3ccc(C(=O)Nc4ccc(N=Nc5ccccc5)cc4)cc3)cc2)cc1. The number of amides is 2. The third kappa shape index (κ3) is 10.4. The number of carbonyl (C=O) groups excluding carboxylic acids is 4. The average molecular weight is 765 g/mol. The van der Waals surface area contributed by atoms with Gasteiger partial charge < -0.3 is 20.1 Å². The number of azo groups is 2. The van der Waals surface area contributed by atoms with Gasteiger partial charge in [-0.3, -0.25) is 9.59 Å².